The maximum atomic E-state index is 12.4. The summed E-state index contributed by atoms with van der Waals surface area (Å²) in [6.07, 6.45) is 4.08. The van der Waals surface area contributed by atoms with E-state index in [0.717, 1.165) is 19.3 Å². The van der Waals surface area contributed by atoms with Gasteiger partial charge in [0.2, 0.25) is 5.91 Å². The molecule has 2 fully saturated rings. The van der Waals surface area contributed by atoms with E-state index >= 15 is 0 Å². The van der Waals surface area contributed by atoms with Crippen LogP contribution in [0.5, 0.6) is 0 Å². The van der Waals surface area contributed by atoms with Crippen LogP contribution in [-0.4, -0.2) is 54.0 Å². The number of carbonyl (C=O) groups excluding carboxylic acids is 4. The van der Waals surface area contributed by atoms with Gasteiger partial charge < -0.3 is 15.0 Å². The first-order valence-electron chi connectivity index (χ1n) is 10.3. The summed E-state index contributed by atoms with van der Waals surface area (Å²) in [4.78, 5) is 49.9. The molecule has 0 aromatic heterocycles. The number of ether oxygens (including phenoxy) is 1. The van der Waals surface area contributed by atoms with Crippen molar-refractivity contribution in [3.05, 3.63) is 0 Å². The molecule has 5 atom stereocenters. The average molecular weight is 396 g/mol. The first-order valence-corrected chi connectivity index (χ1v) is 10.3. The number of nitrogens with zero attached hydrogens (tertiary/aromatic N) is 1. The number of urea groups is 1. The number of rotatable bonds is 6. The van der Waals surface area contributed by atoms with E-state index in [1.54, 1.807) is 0 Å². The second kappa shape index (κ2) is 9.89. The highest BCUT2D eigenvalue weighted by Crippen LogP contribution is 2.35. The molecule has 28 heavy (non-hydrogen) atoms. The van der Waals surface area contributed by atoms with Crippen LogP contribution in [0.2, 0.25) is 0 Å². The van der Waals surface area contributed by atoms with Crippen LogP contribution in [0.3, 0.4) is 0 Å². The fourth-order valence-corrected chi connectivity index (χ4v) is 3.98. The normalized spacial score (nSPS) is 28.6. The predicted molar refractivity (Wildman–Crippen MR) is 103 cm³/mol. The highest BCUT2D eigenvalue weighted by atomic mass is 16.5. The SMILES string of the molecule is CC[C@@H](C)NC(=O)NC(=O)COC(=O)[C@H]1CC(=O)N([C@@H]2CCC[C@H](C)[C@@H]2C)C1. The molecule has 0 radical (unpaired) electrons. The molecular formula is C20H33N3O5. The monoisotopic (exact) mass is 395 g/mol. The van der Waals surface area contributed by atoms with Gasteiger partial charge in [-0.15, -0.1) is 0 Å². The molecule has 8 heteroatoms. The van der Waals surface area contributed by atoms with Gasteiger partial charge in [0.15, 0.2) is 6.61 Å². The van der Waals surface area contributed by atoms with Crippen molar-refractivity contribution in [2.24, 2.45) is 17.8 Å². The fraction of sp³-hybridized carbons (Fsp3) is 0.800. The summed E-state index contributed by atoms with van der Waals surface area (Å²) in [5, 5.41) is 4.72. The Hall–Kier alpha value is -2.12. The highest BCUT2D eigenvalue weighted by molar-refractivity contribution is 5.96. The first-order chi connectivity index (χ1) is 13.2. The second-order valence-corrected chi connectivity index (χ2v) is 8.22. The lowest BCUT2D eigenvalue weighted by Crippen LogP contribution is -2.45. The summed E-state index contributed by atoms with van der Waals surface area (Å²) in [6.45, 7) is 7.92. The number of hydrogen-bond acceptors (Lipinski definition) is 5. The lowest BCUT2D eigenvalue weighted by molar-refractivity contribution is -0.152. The summed E-state index contributed by atoms with van der Waals surface area (Å²) >= 11 is 0. The quantitative estimate of drug-likeness (QED) is 0.668. The standard InChI is InChI=1S/C20H33N3O5/c1-5-13(3)21-20(27)22-17(24)11-28-19(26)15-9-18(25)23(10-15)16-8-6-7-12(2)14(16)4/h12-16H,5-11H2,1-4H3,(H2,21,22,24,27)/t12-,13+,14-,15-,16+/m0/s1. The molecule has 0 aromatic rings. The van der Waals surface area contributed by atoms with Gasteiger partial charge in [0.25, 0.3) is 5.91 Å². The van der Waals surface area contributed by atoms with Crippen molar-refractivity contribution in [1.29, 1.82) is 0 Å². The summed E-state index contributed by atoms with van der Waals surface area (Å²) in [5.41, 5.74) is 0. The van der Waals surface area contributed by atoms with Crippen molar-refractivity contribution in [1.82, 2.24) is 15.5 Å². The van der Waals surface area contributed by atoms with Crippen LogP contribution in [0.1, 0.15) is 59.8 Å². The number of hydrogen-bond donors (Lipinski definition) is 2. The van der Waals surface area contributed by atoms with Gasteiger partial charge in [0.1, 0.15) is 0 Å². The molecule has 1 heterocycles. The Balaban J connectivity index is 1.79. The van der Waals surface area contributed by atoms with Gasteiger partial charge >= 0.3 is 12.0 Å². The predicted octanol–water partition coefficient (Wildman–Crippen LogP) is 1.83. The minimum atomic E-state index is -0.690. The van der Waals surface area contributed by atoms with Crippen molar-refractivity contribution >= 4 is 23.8 Å². The third kappa shape index (κ3) is 5.69. The Labute approximate surface area is 166 Å². The molecule has 2 aliphatic rings. The summed E-state index contributed by atoms with van der Waals surface area (Å²) in [5.74, 6) is -0.871. The zero-order chi connectivity index (χ0) is 20.8. The molecule has 0 spiro atoms. The maximum absolute atomic E-state index is 12.4. The molecule has 1 aliphatic heterocycles. The van der Waals surface area contributed by atoms with Crippen LogP contribution < -0.4 is 10.6 Å². The van der Waals surface area contributed by atoms with Gasteiger partial charge in [0.05, 0.1) is 5.92 Å². The molecule has 0 bridgehead atoms. The average Bonchev–Trinajstić information content (AvgIpc) is 3.03. The van der Waals surface area contributed by atoms with Crippen LogP contribution in [-0.2, 0) is 19.1 Å². The summed E-state index contributed by atoms with van der Waals surface area (Å²) < 4.78 is 5.04. The summed E-state index contributed by atoms with van der Waals surface area (Å²) in [6, 6.07) is -0.504. The van der Waals surface area contributed by atoms with Gasteiger partial charge in [-0.3, -0.25) is 19.7 Å². The lowest BCUT2D eigenvalue weighted by Gasteiger charge is -2.39. The molecule has 4 amide bonds. The van der Waals surface area contributed by atoms with E-state index in [1.807, 2.05) is 18.7 Å². The van der Waals surface area contributed by atoms with Crippen molar-refractivity contribution in [2.45, 2.75) is 71.9 Å². The number of imide groups is 1. The van der Waals surface area contributed by atoms with Crippen LogP contribution >= 0.6 is 0 Å². The van der Waals surface area contributed by atoms with Gasteiger partial charge in [-0.25, -0.2) is 4.79 Å². The van der Waals surface area contributed by atoms with Crippen LogP contribution in [0.15, 0.2) is 0 Å². The van der Waals surface area contributed by atoms with E-state index in [1.165, 1.54) is 6.42 Å². The van der Waals surface area contributed by atoms with E-state index in [9.17, 15) is 19.2 Å². The molecule has 1 saturated carbocycles. The van der Waals surface area contributed by atoms with Crippen LogP contribution in [0.25, 0.3) is 0 Å². The third-order valence-electron chi connectivity index (χ3n) is 6.14. The van der Waals surface area contributed by atoms with Gasteiger partial charge in [-0.05, 0) is 31.6 Å². The largest absolute Gasteiger partial charge is 0.455 e. The van der Waals surface area contributed by atoms with E-state index in [4.69, 9.17) is 4.74 Å². The zero-order valence-corrected chi connectivity index (χ0v) is 17.3. The number of amides is 4. The zero-order valence-electron chi connectivity index (χ0n) is 17.3. The molecule has 158 valence electrons. The van der Waals surface area contributed by atoms with Crippen molar-refractivity contribution < 1.29 is 23.9 Å². The highest BCUT2D eigenvalue weighted by Gasteiger charge is 2.42. The van der Waals surface area contributed by atoms with Crippen molar-refractivity contribution in [3.8, 4) is 0 Å². The van der Waals surface area contributed by atoms with Crippen LogP contribution in [0, 0.1) is 17.8 Å². The van der Waals surface area contributed by atoms with E-state index < -0.39 is 30.4 Å². The molecule has 8 nitrogen and oxygen atoms in total. The number of nitrogens with one attached hydrogen (secondary N) is 2. The number of carbonyl (C=O) groups is 4. The van der Waals surface area contributed by atoms with E-state index in [2.05, 4.69) is 24.5 Å². The Kier molecular flexibility index (Phi) is 7.83. The summed E-state index contributed by atoms with van der Waals surface area (Å²) in [7, 11) is 0. The Morgan fingerprint density at radius 3 is 2.64 bits per heavy atom. The first kappa shape index (κ1) is 22.2. The number of esters is 1. The fourth-order valence-electron chi connectivity index (χ4n) is 3.98. The topological polar surface area (TPSA) is 105 Å². The third-order valence-corrected chi connectivity index (χ3v) is 6.14. The van der Waals surface area contributed by atoms with Gasteiger partial charge in [-0.1, -0.05) is 33.6 Å². The molecule has 1 aliphatic carbocycles. The van der Waals surface area contributed by atoms with Gasteiger partial charge in [-0.2, -0.15) is 0 Å². The second-order valence-electron chi connectivity index (χ2n) is 8.22. The van der Waals surface area contributed by atoms with E-state index in [0.29, 0.717) is 18.4 Å². The van der Waals surface area contributed by atoms with Crippen LogP contribution in [0.4, 0.5) is 4.79 Å². The Bertz CT molecular complexity index is 609. The molecule has 1 saturated heterocycles. The smallest absolute Gasteiger partial charge is 0.321 e. The minimum absolute atomic E-state index is 0.0229. The Morgan fingerprint density at radius 1 is 1.25 bits per heavy atom. The maximum Gasteiger partial charge on any atom is 0.321 e. The van der Waals surface area contributed by atoms with Crippen molar-refractivity contribution in [3.63, 3.8) is 0 Å². The molecule has 0 unspecified atom stereocenters. The van der Waals surface area contributed by atoms with Gasteiger partial charge in [0, 0.05) is 25.0 Å². The lowest BCUT2D eigenvalue weighted by atomic mass is 9.77. The molecular weight excluding hydrogens is 362 g/mol. The minimum Gasteiger partial charge on any atom is -0.455 e. The van der Waals surface area contributed by atoms with E-state index in [-0.39, 0.29) is 24.4 Å². The molecule has 2 rings (SSSR count). The molecule has 0 aromatic carbocycles. The number of likely N-dealkylation sites (tertiary alicyclic amines) is 1. The van der Waals surface area contributed by atoms with Crippen molar-refractivity contribution in [2.75, 3.05) is 13.2 Å². The molecule has 2 N–H and O–H groups in total. The Morgan fingerprint density at radius 2 is 1.96 bits per heavy atom.